The van der Waals surface area contributed by atoms with Crippen LogP contribution in [-0.4, -0.2) is 51.9 Å². The fraction of sp³-hybridized carbons (Fsp3) is 0.667. The number of allylic oxidation sites excluding steroid dienone is 2. The smallest absolute Gasteiger partial charge is 0.417 e. The summed E-state index contributed by atoms with van der Waals surface area (Å²) in [6.45, 7) is 9.54. The molecular formula is C21H35N4O3+. The Hall–Kier alpha value is -2.15. The SMILES string of the molecule is Cc1cc(C(=O)N(CCC[NH2+]C[C@H]2CC=CCC2)C(=O)OC(C)(C)C)nn1C. The summed E-state index contributed by atoms with van der Waals surface area (Å²) in [5.41, 5.74) is 0.474. The van der Waals surface area contributed by atoms with Crippen LogP contribution in [0, 0.1) is 12.8 Å². The largest absolute Gasteiger partial charge is 0.443 e. The zero-order chi connectivity index (χ0) is 20.7. The number of ether oxygens (including phenoxy) is 1. The third-order valence-electron chi connectivity index (χ3n) is 4.86. The number of imide groups is 1. The van der Waals surface area contributed by atoms with Crippen LogP contribution < -0.4 is 5.32 Å². The molecule has 7 heteroatoms. The lowest BCUT2D eigenvalue weighted by atomic mass is 9.94. The van der Waals surface area contributed by atoms with Crippen molar-refractivity contribution in [3.05, 3.63) is 29.6 Å². The number of carbonyl (C=O) groups excluding carboxylic acids is 2. The molecule has 0 bridgehead atoms. The van der Waals surface area contributed by atoms with Crippen LogP contribution in [0.25, 0.3) is 0 Å². The molecule has 0 radical (unpaired) electrons. The molecule has 0 aliphatic heterocycles. The summed E-state index contributed by atoms with van der Waals surface area (Å²) in [6, 6.07) is 1.70. The van der Waals surface area contributed by atoms with Gasteiger partial charge in [0.25, 0.3) is 5.91 Å². The lowest BCUT2D eigenvalue weighted by Gasteiger charge is -2.25. The van der Waals surface area contributed by atoms with Crippen molar-refractivity contribution in [1.29, 1.82) is 0 Å². The number of carbonyl (C=O) groups is 2. The molecule has 1 aliphatic rings. The van der Waals surface area contributed by atoms with Gasteiger partial charge in [-0.1, -0.05) is 12.2 Å². The van der Waals surface area contributed by atoms with Gasteiger partial charge in [0, 0.05) is 31.6 Å². The molecule has 7 nitrogen and oxygen atoms in total. The van der Waals surface area contributed by atoms with Crippen LogP contribution in [0.15, 0.2) is 18.2 Å². The van der Waals surface area contributed by atoms with Crippen molar-refractivity contribution >= 4 is 12.0 Å². The Bertz CT molecular complexity index is 683. The Balaban J connectivity index is 1.92. The molecule has 0 saturated heterocycles. The summed E-state index contributed by atoms with van der Waals surface area (Å²) in [5.74, 6) is 0.320. The minimum atomic E-state index is -0.656. The van der Waals surface area contributed by atoms with E-state index in [1.54, 1.807) is 38.6 Å². The predicted molar refractivity (Wildman–Crippen MR) is 108 cm³/mol. The number of amides is 2. The van der Waals surface area contributed by atoms with Crippen LogP contribution in [0.2, 0.25) is 0 Å². The molecule has 0 unspecified atom stereocenters. The van der Waals surface area contributed by atoms with Gasteiger partial charge in [-0.2, -0.15) is 5.10 Å². The van der Waals surface area contributed by atoms with Crippen LogP contribution in [-0.2, 0) is 11.8 Å². The van der Waals surface area contributed by atoms with Gasteiger partial charge in [0.1, 0.15) is 5.60 Å². The minimum Gasteiger partial charge on any atom is -0.443 e. The van der Waals surface area contributed by atoms with Gasteiger partial charge in [0.2, 0.25) is 0 Å². The minimum absolute atomic E-state index is 0.267. The van der Waals surface area contributed by atoms with Gasteiger partial charge in [-0.15, -0.1) is 0 Å². The van der Waals surface area contributed by atoms with E-state index in [1.807, 2.05) is 6.92 Å². The number of hydrogen-bond acceptors (Lipinski definition) is 4. The summed E-state index contributed by atoms with van der Waals surface area (Å²) in [5, 5.41) is 6.50. The Morgan fingerprint density at radius 1 is 1.36 bits per heavy atom. The predicted octanol–water partition coefficient (Wildman–Crippen LogP) is 2.42. The molecule has 0 saturated carbocycles. The molecule has 2 rings (SSSR count). The fourth-order valence-corrected chi connectivity index (χ4v) is 3.21. The number of aryl methyl sites for hydroxylation is 2. The number of nitrogens with zero attached hydrogens (tertiary/aromatic N) is 3. The second kappa shape index (κ2) is 9.87. The van der Waals surface area contributed by atoms with E-state index in [-0.39, 0.29) is 5.69 Å². The normalized spacial score (nSPS) is 16.8. The van der Waals surface area contributed by atoms with Crippen LogP contribution in [0.1, 0.15) is 62.6 Å². The van der Waals surface area contributed by atoms with E-state index < -0.39 is 17.6 Å². The Morgan fingerprint density at radius 3 is 2.68 bits per heavy atom. The Morgan fingerprint density at radius 2 is 2.11 bits per heavy atom. The summed E-state index contributed by atoms with van der Waals surface area (Å²) < 4.78 is 7.08. The van der Waals surface area contributed by atoms with E-state index in [2.05, 4.69) is 22.6 Å². The number of quaternary nitrogens is 1. The van der Waals surface area contributed by atoms with Crippen LogP contribution in [0.3, 0.4) is 0 Å². The van der Waals surface area contributed by atoms with Crippen molar-refractivity contribution in [3.63, 3.8) is 0 Å². The summed E-state index contributed by atoms with van der Waals surface area (Å²) in [6.07, 6.45) is 8.19. The van der Waals surface area contributed by atoms with Crippen molar-refractivity contribution in [2.75, 3.05) is 19.6 Å². The third kappa shape index (κ3) is 6.78. The quantitative estimate of drug-likeness (QED) is 0.572. The summed E-state index contributed by atoms with van der Waals surface area (Å²) in [4.78, 5) is 26.7. The van der Waals surface area contributed by atoms with E-state index in [1.165, 1.54) is 17.7 Å². The van der Waals surface area contributed by atoms with E-state index in [9.17, 15) is 9.59 Å². The second-order valence-electron chi connectivity index (χ2n) is 8.55. The van der Waals surface area contributed by atoms with Gasteiger partial charge in [0.05, 0.1) is 13.1 Å². The van der Waals surface area contributed by atoms with Gasteiger partial charge >= 0.3 is 6.09 Å². The average molecular weight is 392 g/mol. The molecule has 0 fully saturated rings. The van der Waals surface area contributed by atoms with Crippen LogP contribution in [0.5, 0.6) is 0 Å². The molecule has 1 aliphatic carbocycles. The van der Waals surface area contributed by atoms with Crippen molar-refractivity contribution in [2.24, 2.45) is 13.0 Å². The van der Waals surface area contributed by atoms with E-state index in [0.717, 1.165) is 37.5 Å². The maximum absolute atomic E-state index is 12.9. The lowest BCUT2D eigenvalue weighted by Crippen LogP contribution is -2.85. The molecular weight excluding hydrogens is 356 g/mol. The Labute approximate surface area is 168 Å². The number of hydrogen-bond donors (Lipinski definition) is 1. The van der Waals surface area contributed by atoms with Crippen LogP contribution >= 0.6 is 0 Å². The third-order valence-corrected chi connectivity index (χ3v) is 4.86. The molecule has 2 N–H and O–H groups in total. The highest BCUT2D eigenvalue weighted by Crippen LogP contribution is 2.16. The maximum Gasteiger partial charge on any atom is 0.417 e. The second-order valence-corrected chi connectivity index (χ2v) is 8.55. The van der Waals surface area contributed by atoms with Gasteiger partial charge in [0.15, 0.2) is 5.69 Å². The van der Waals surface area contributed by atoms with Crippen molar-refractivity contribution < 1.29 is 19.6 Å². The molecule has 0 aromatic carbocycles. The van der Waals surface area contributed by atoms with Gasteiger partial charge < -0.3 is 10.1 Å². The number of rotatable bonds is 7. The van der Waals surface area contributed by atoms with Crippen molar-refractivity contribution in [2.45, 2.75) is 59.0 Å². The first-order valence-corrected chi connectivity index (χ1v) is 10.2. The molecule has 28 heavy (non-hydrogen) atoms. The standard InChI is InChI=1S/C21H34N4O3/c1-16-14-18(23-24(16)5)19(26)25(20(27)28-21(2,3)4)13-9-12-22-15-17-10-7-6-8-11-17/h6-7,14,17,22H,8-13,15H2,1-5H3/p+1/t17-/m0/s1. The first-order chi connectivity index (χ1) is 13.2. The fourth-order valence-electron chi connectivity index (χ4n) is 3.21. The van der Waals surface area contributed by atoms with Crippen molar-refractivity contribution in [3.8, 4) is 0 Å². The highest BCUT2D eigenvalue weighted by Gasteiger charge is 2.29. The molecule has 1 aromatic rings. The van der Waals surface area contributed by atoms with Gasteiger partial charge in [-0.25, -0.2) is 9.69 Å². The highest BCUT2D eigenvalue weighted by molar-refractivity contribution is 6.01. The molecule has 1 aromatic heterocycles. The van der Waals surface area contributed by atoms with Crippen molar-refractivity contribution in [1.82, 2.24) is 14.7 Å². The summed E-state index contributed by atoms with van der Waals surface area (Å²) in [7, 11) is 1.78. The van der Waals surface area contributed by atoms with E-state index >= 15 is 0 Å². The first kappa shape index (κ1) is 22.1. The van der Waals surface area contributed by atoms with Gasteiger partial charge in [-0.3, -0.25) is 9.48 Å². The highest BCUT2D eigenvalue weighted by atomic mass is 16.6. The zero-order valence-electron chi connectivity index (χ0n) is 17.9. The number of nitrogens with two attached hydrogens (primary N) is 1. The molecule has 2 amide bonds. The lowest BCUT2D eigenvalue weighted by molar-refractivity contribution is -0.660. The van der Waals surface area contributed by atoms with E-state index in [0.29, 0.717) is 6.54 Å². The zero-order valence-corrected chi connectivity index (χ0v) is 17.9. The molecule has 1 atom stereocenters. The monoisotopic (exact) mass is 391 g/mol. The summed E-state index contributed by atoms with van der Waals surface area (Å²) >= 11 is 0. The topological polar surface area (TPSA) is 81.0 Å². The molecule has 156 valence electrons. The Kier molecular flexibility index (Phi) is 7.80. The maximum atomic E-state index is 12.9. The van der Waals surface area contributed by atoms with Gasteiger partial charge in [-0.05, 0) is 53.0 Å². The number of aromatic nitrogens is 2. The average Bonchev–Trinajstić information content (AvgIpc) is 2.96. The molecule has 1 heterocycles. The first-order valence-electron chi connectivity index (χ1n) is 10.2. The molecule has 0 spiro atoms. The van der Waals surface area contributed by atoms with Crippen LogP contribution in [0.4, 0.5) is 4.79 Å². The van der Waals surface area contributed by atoms with E-state index in [4.69, 9.17) is 4.74 Å².